The van der Waals surface area contributed by atoms with Crippen LogP contribution in [0.15, 0.2) is 53.7 Å². The second-order valence-electron chi connectivity index (χ2n) is 4.04. The van der Waals surface area contributed by atoms with E-state index in [-0.39, 0.29) is 0 Å². The molecule has 18 heavy (non-hydrogen) atoms. The lowest BCUT2D eigenvalue weighted by molar-refractivity contribution is 0.902. The number of rotatable bonds is 2. The lowest BCUT2D eigenvalue weighted by Gasteiger charge is -2.02. The van der Waals surface area contributed by atoms with Gasteiger partial charge < -0.3 is 5.73 Å². The number of benzene rings is 1. The number of thioether (sulfide) groups is 1. The SMILES string of the molecule is CSc1nn2ccccc2c1-c1ccc(N)cc1. The molecule has 0 radical (unpaired) electrons. The van der Waals surface area contributed by atoms with Crippen LogP contribution in [0, 0.1) is 0 Å². The van der Waals surface area contributed by atoms with E-state index in [1.165, 1.54) is 5.56 Å². The highest BCUT2D eigenvalue weighted by Crippen LogP contribution is 2.33. The van der Waals surface area contributed by atoms with E-state index in [0.717, 1.165) is 21.8 Å². The van der Waals surface area contributed by atoms with Gasteiger partial charge >= 0.3 is 0 Å². The maximum absolute atomic E-state index is 5.74. The zero-order chi connectivity index (χ0) is 12.5. The van der Waals surface area contributed by atoms with Gasteiger partial charge in [-0.3, -0.25) is 0 Å². The topological polar surface area (TPSA) is 43.3 Å². The van der Waals surface area contributed by atoms with Crippen molar-refractivity contribution in [1.29, 1.82) is 0 Å². The van der Waals surface area contributed by atoms with E-state index < -0.39 is 0 Å². The summed E-state index contributed by atoms with van der Waals surface area (Å²) < 4.78 is 1.91. The molecule has 2 heterocycles. The van der Waals surface area contributed by atoms with Crippen molar-refractivity contribution in [3.05, 3.63) is 48.7 Å². The van der Waals surface area contributed by atoms with Crippen LogP contribution in [-0.2, 0) is 0 Å². The highest BCUT2D eigenvalue weighted by Gasteiger charge is 2.13. The van der Waals surface area contributed by atoms with Crippen LogP contribution in [0.2, 0.25) is 0 Å². The van der Waals surface area contributed by atoms with Gasteiger partial charge in [-0.25, -0.2) is 4.52 Å². The number of nitrogen functional groups attached to an aromatic ring is 1. The van der Waals surface area contributed by atoms with Gasteiger partial charge in [0.25, 0.3) is 0 Å². The second kappa shape index (κ2) is 4.38. The Labute approximate surface area is 110 Å². The highest BCUT2D eigenvalue weighted by molar-refractivity contribution is 7.98. The second-order valence-corrected chi connectivity index (χ2v) is 4.83. The van der Waals surface area contributed by atoms with E-state index in [0.29, 0.717) is 0 Å². The molecule has 0 amide bonds. The molecule has 0 aliphatic heterocycles. The molecular formula is C14H13N3S. The fourth-order valence-electron chi connectivity index (χ4n) is 2.04. The van der Waals surface area contributed by atoms with Crippen molar-refractivity contribution in [2.24, 2.45) is 0 Å². The minimum atomic E-state index is 0.779. The van der Waals surface area contributed by atoms with Crippen LogP contribution in [-0.4, -0.2) is 15.9 Å². The number of nitrogens with two attached hydrogens (primary N) is 1. The molecule has 0 aliphatic rings. The van der Waals surface area contributed by atoms with Crippen molar-refractivity contribution >= 4 is 23.0 Å². The van der Waals surface area contributed by atoms with Crippen molar-refractivity contribution in [2.75, 3.05) is 12.0 Å². The fraction of sp³-hybridized carbons (Fsp3) is 0.0714. The predicted octanol–water partition coefficient (Wildman–Crippen LogP) is 3.31. The van der Waals surface area contributed by atoms with Gasteiger partial charge in [-0.2, -0.15) is 5.10 Å². The first kappa shape index (κ1) is 11.2. The summed E-state index contributed by atoms with van der Waals surface area (Å²) in [7, 11) is 0. The van der Waals surface area contributed by atoms with E-state index >= 15 is 0 Å². The molecule has 2 aromatic heterocycles. The van der Waals surface area contributed by atoms with E-state index in [1.54, 1.807) is 11.8 Å². The fourth-order valence-corrected chi connectivity index (χ4v) is 2.64. The van der Waals surface area contributed by atoms with Gasteiger partial charge in [0.15, 0.2) is 0 Å². The molecule has 0 atom stereocenters. The molecule has 0 saturated carbocycles. The molecule has 0 aliphatic carbocycles. The monoisotopic (exact) mass is 255 g/mol. The third-order valence-electron chi connectivity index (χ3n) is 2.90. The third kappa shape index (κ3) is 1.75. The standard InChI is InChI=1S/C14H13N3S/c1-18-14-13(10-5-7-11(15)8-6-10)12-4-2-3-9-17(12)16-14/h2-9H,15H2,1H3. The Bertz CT molecular complexity index is 686. The molecule has 2 N–H and O–H groups in total. The number of hydrogen-bond acceptors (Lipinski definition) is 3. The lowest BCUT2D eigenvalue weighted by Crippen LogP contribution is -1.85. The molecule has 90 valence electrons. The lowest BCUT2D eigenvalue weighted by atomic mass is 10.1. The van der Waals surface area contributed by atoms with Crippen molar-refractivity contribution in [2.45, 2.75) is 5.03 Å². The normalized spacial score (nSPS) is 10.9. The van der Waals surface area contributed by atoms with Crippen molar-refractivity contribution < 1.29 is 0 Å². The number of anilines is 1. The summed E-state index contributed by atoms with van der Waals surface area (Å²) in [6.07, 6.45) is 4.01. The van der Waals surface area contributed by atoms with Crippen LogP contribution in [0.4, 0.5) is 5.69 Å². The number of fused-ring (bicyclic) bond motifs is 1. The zero-order valence-corrected chi connectivity index (χ0v) is 10.8. The zero-order valence-electron chi connectivity index (χ0n) is 10.00. The van der Waals surface area contributed by atoms with Crippen LogP contribution >= 0.6 is 11.8 Å². The molecule has 0 spiro atoms. The van der Waals surface area contributed by atoms with Crippen LogP contribution in [0.3, 0.4) is 0 Å². The number of pyridine rings is 1. The maximum atomic E-state index is 5.74. The first-order valence-corrected chi connectivity index (χ1v) is 6.89. The molecule has 0 saturated heterocycles. The van der Waals surface area contributed by atoms with Gasteiger partial charge in [0.1, 0.15) is 5.03 Å². The minimum Gasteiger partial charge on any atom is -0.399 e. The van der Waals surface area contributed by atoms with Gasteiger partial charge in [-0.05, 0) is 36.1 Å². The van der Waals surface area contributed by atoms with E-state index in [2.05, 4.69) is 11.2 Å². The van der Waals surface area contributed by atoms with E-state index in [4.69, 9.17) is 5.73 Å². The molecule has 3 aromatic rings. The van der Waals surface area contributed by atoms with Crippen molar-refractivity contribution in [1.82, 2.24) is 9.61 Å². The third-order valence-corrected chi connectivity index (χ3v) is 3.57. The van der Waals surface area contributed by atoms with Crippen LogP contribution in [0.5, 0.6) is 0 Å². The van der Waals surface area contributed by atoms with Gasteiger partial charge in [0, 0.05) is 17.4 Å². The largest absolute Gasteiger partial charge is 0.399 e. The first-order valence-electron chi connectivity index (χ1n) is 5.67. The average Bonchev–Trinajstić information content (AvgIpc) is 2.78. The molecule has 3 nitrogen and oxygen atoms in total. The van der Waals surface area contributed by atoms with Gasteiger partial charge in [-0.15, -0.1) is 11.8 Å². The van der Waals surface area contributed by atoms with E-state index in [9.17, 15) is 0 Å². The summed E-state index contributed by atoms with van der Waals surface area (Å²) in [4.78, 5) is 0. The summed E-state index contributed by atoms with van der Waals surface area (Å²) >= 11 is 1.66. The molecule has 0 fully saturated rings. The Hall–Kier alpha value is -1.94. The molecular weight excluding hydrogens is 242 g/mol. The molecule has 3 rings (SSSR count). The van der Waals surface area contributed by atoms with Crippen LogP contribution in [0.1, 0.15) is 0 Å². The number of nitrogens with zero attached hydrogens (tertiary/aromatic N) is 2. The van der Waals surface area contributed by atoms with Gasteiger partial charge in [0.05, 0.1) is 5.52 Å². The Morgan fingerprint density at radius 1 is 1.11 bits per heavy atom. The minimum absolute atomic E-state index is 0.779. The van der Waals surface area contributed by atoms with Gasteiger partial charge in [0.2, 0.25) is 0 Å². The summed E-state index contributed by atoms with van der Waals surface area (Å²) in [6.45, 7) is 0. The smallest absolute Gasteiger partial charge is 0.127 e. The van der Waals surface area contributed by atoms with Crippen LogP contribution in [0.25, 0.3) is 16.6 Å². The predicted molar refractivity (Wildman–Crippen MR) is 76.8 cm³/mol. The summed E-state index contributed by atoms with van der Waals surface area (Å²) in [5.74, 6) is 0. The Balaban J connectivity index is 2.29. The van der Waals surface area contributed by atoms with Crippen LogP contribution < -0.4 is 5.73 Å². The summed E-state index contributed by atoms with van der Waals surface area (Å²) in [6, 6.07) is 14.0. The Morgan fingerprint density at radius 2 is 1.89 bits per heavy atom. The average molecular weight is 255 g/mol. The maximum Gasteiger partial charge on any atom is 0.127 e. The van der Waals surface area contributed by atoms with E-state index in [1.807, 2.05) is 53.4 Å². The Kier molecular flexibility index (Phi) is 2.72. The van der Waals surface area contributed by atoms with Crippen molar-refractivity contribution in [3.63, 3.8) is 0 Å². The number of aromatic nitrogens is 2. The van der Waals surface area contributed by atoms with Crippen molar-refractivity contribution in [3.8, 4) is 11.1 Å². The quantitative estimate of drug-likeness (QED) is 0.564. The highest BCUT2D eigenvalue weighted by atomic mass is 32.2. The molecule has 1 aromatic carbocycles. The first-order chi connectivity index (χ1) is 8.79. The summed E-state index contributed by atoms with van der Waals surface area (Å²) in [5.41, 5.74) is 9.95. The molecule has 0 bridgehead atoms. The Morgan fingerprint density at radius 3 is 2.61 bits per heavy atom. The number of hydrogen-bond donors (Lipinski definition) is 1. The molecule has 0 unspecified atom stereocenters. The molecule has 4 heteroatoms. The van der Waals surface area contributed by atoms with Gasteiger partial charge in [-0.1, -0.05) is 18.2 Å². The summed E-state index contributed by atoms with van der Waals surface area (Å²) in [5, 5.41) is 5.61.